The summed E-state index contributed by atoms with van der Waals surface area (Å²) >= 11 is 7.13. The fourth-order valence-electron chi connectivity index (χ4n) is 2.82. The number of rotatable bonds is 3. The molecule has 1 aromatic heterocycles. The third kappa shape index (κ3) is 3.74. The lowest BCUT2D eigenvalue weighted by Gasteiger charge is -2.18. The van der Waals surface area contributed by atoms with Crippen molar-refractivity contribution in [2.45, 2.75) is 0 Å². The van der Waals surface area contributed by atoms with E-state index in [0.717, 1.165) is 5.56 Å². The monoisotopic (exact) mass is 413 g/mol. The normalized spacial score (nSPS) is 14.4. The maximum atomic E-state index is 12.6. The predicted molar refractivity (Wildman–Crippen MR) is 110 cm³/mol. The number of Topliss-reactive ketones (excluding diaryl/α,β-unsaturated/α-hetero) is 1. The molecular weight excluding hydrogens is 398 g/mol. The molecule has 0 atom stereocenters. The maximum Gasteiger partial charge on any atom is 0.268 e. The molecule has 142 valence electrons. The van der Waals surface area contributed by atoms with Gasteiger partial charge in [0.25, 0.3) is 5.56 Å². The molecule has 0 saturated heterocycles. The van der Waals surface area contributed by atoms with E-state index in [1.807, 2.05) is 18.2 Å². The average molecular weight is 414 g/mol. The molecule has 7 heteroatoms. The molecular formula is C21H16ClNO4S. The fourth-order valence-corrected chi connectivity index (χ4v) is 3.97. The molecule has 0 saturated carbocycles. The summed E-state index contributed by atoms with van der Waals surface area (Å²) in [6, 6.07) is 12.2. The quantitative estimate of drug-likeness (QED) is 0.618. The number of hydrogen-bond donors (Lipinski definition) is 0. The Labute approximate surface area is 169 Å². The molecule has 0 amide bonds. The number of carbonyl (C=O) groups is 1. The molecule has 0 fully saturated rings. The number of fused-ring (bicyclic) bond motifs is 1. The first-order chi connectivity index (χ1) is 13.5. The molecule has 2 aromatic carbocycles. The number of aromatic nitrogens is 1. The Kier molecular flexibility index (Phi) is 5.07. The number of thiazole rings is 1. The maximum absolute atomic E-state index is 12.6. The van der Waals surface area contributed by atoms with Gasteiger partial charge < -0.3 is 14.0 Å². The van der Waals surface area contributed by atoms with Gasteiger partial charge in [-0.05, 0) is 48.0 Å². The highest BCUT2D eigenvalue weighted by atomic mass is 35.5. The molecule has 0 aliphatic carbocycles. The van der Waals surface area contributed by atoms with E-state index in [-0.39, 0.29) is 11.3 Å². The number of nitrogens with zero attached hydrogens (tertiary/aromatic N) is 1. The molecule has 1 aliphatic rings. The van der Waals surface area contributed by atoms with Crippen molar-refractivity contribution in [3.8, 4) is 11.5 Å². The standard InChI is InChI=1S/C21H16ClNO4S/c1-23-20(12-16(24)14-3-5-15(22)6-4-14)28-19(21(23)25)11-13-2-7-17-18(10-13)27-9-8-26-17/h2-7,10-12H,8-9H2,1H3/b19-11+,20-12-. The Morgan fingerprint density at radius 2 is 1.82 bits per heavy atom. The SMILES string of the molecule is Cn1c(=O)/c(=C\c2ccc3c(c2)OCCO3)s/c1=C\C(=O)c1ccc(Cl)cc1. The van der Waals surface area contributed by atoms with Crippen molar-refractivity contribution in [3.63, 3.8) is 0 Å². The first-order valence-electron chi connectivity index (χ1n) is 8.60. The van der Waals surface area contributed by atoms with Gasteiger partial charge in [-0.1, -0.05) is 17.7 Å². The van der Waals surface area contributed by atoms with E-state index in [0.29, 0.717) is 44.5 Å². The Morgan fingerprint density at radius 1 is 1.11 bits per heavy atom. The lowest BCUT2D eigenvalue weighted by molar-refractivity contribution is 0.106. The lowest BCUT2D eigenvalue weighted by Crippen LogP contribution is -2.29. The largest absolute Gasteiger partial charge is 0.486 e. The van der Waals surface area contributed by atoms with Crippen molar-refractivity contribution in [1.29, 1.82) is 0 Å². The number of benzene rings is 2. The summed E-state index contributed by atoms with van der Waals surface area (Å²) in [5.74, 6) is 1.18. The zero-order valence-electron chi connectivity index (χ0n) is 15.0. The van der Waals surface area contributed by atoms with Crippen LogP contribution in [0.1, 0.15) is 15.9 Å². The van der Waals surface area contributed by atoms with Crippen LogP contribution in [0.4, 0.5) is 0 Å². The van der Waals surface area contributed by atoms with E-state index in [1.54, 1.807) is 37.4 Å². The van der Waals surface area contributed by atoms with Gasteiger partial charge in [-0.3, -0.25) is 9.59 Å². The molecule has 0 N–H and O–H groups in total. The van der Waals surface area contributed by atoms with Gasteiger partial charge in [-0.2, -0.15) is 0 Å². The Bertz CT molecular complexity index is 1220. The summed E-state index contributed by atoms with van der Waals surface area (Å²) in [5.41, 5.74) is 1.19. The number of ketones is 1. The first-order valence-corrected chi connectivity index (χ1v) is 9.79. The predicted octanol–water partition coefficient (Wildman–Crippen LogP) is 2.36. The minimum Gasteiger partial charge on any atom is -0.486 e. The van der Waals surface area contributed by atoms with E-state index in [1.165, 1.54) is 22.0 Å². The zero-order valence-corrected chi connectivity index (χ0v) is 16.5. The highest BCUT2D eigenvalue weighted by Gasteiger charge is 2.11. The van der Waals surface area contributed by atoms with Crippen molar-refractivity contribution in [2.24, 2.45) is 7.05 Å². The molecule has 28 heavy (non-hydrogen) atoms. The Balaban J connectivity index is 1.72. The van der Waals surface area contributed by atoms with E-state index in [2.05, 4.69) is 0 Å². The van der Waals surface area contributed by atoms with E-state index in [9.17, 15) is 9.59 Å². The van der Waals surface area contributed by atoms with Crippen LogP contribution in [0.3, 0.4) is 0 Å². The number of ether oxygens (including phenoxy) is 2. The fraction of sp³-hybridized carbons (Fsp3) is 0.143. The van der Waals surface area contributed by atoms with Crippen LogP contribution in [-0.2, 0) is 7.05 Å². The van der Waals surface area contributed by atoms with Gasteiger partial charge in [0.05, 0.1) is 4.53 Å². The zero-order chi connectivity index (χ0) is 19.7. The molecule has 5 nitrogen and oxygen atoms in total. The van der Waals surface area contributed by atoms with Crippen LogP contribution in [-0.4, -0.2) is 23.6 Å². The van der Waals surface area contributed by atoms with Gasteiger partial charge in [-0.25, -0.2) is 0 Å². The van der Waals surface area contributed by atoms with Crippen LogP contribution in [0.5, 0.6) is 11.5 Å². The summed E-state index contributed by atoms with van der Waals surface area (Å²) in [6.07, 6.45) is 3.26. The summed E-state index contributed by atoms with van der Waals surface area (Å²) in [6.45, 7) is 1.03. The minimum absolute atomic E-state index is 0.157. The van der Waals surface area contributed by atoms with Crippen molar-refractivity contribution in [1.82, 2.24) is 4.57 Å². The van der Waals surface area contributed by atoms with Crippen LogP contribution < -0.4 is 24.2 Å². The minimum atomic E-state index is -0.181. The summed E-state index contributed by atoms with van der Waals surface area (Å²) in [5, 5.41) is 0.566. The van der Waals surface area contributed by atoms with Gasteiger partial charge in [-0.15, -0.1) is 11.3 Å². The number of hydrogen-bond acceptors (Lipinski definition) is 5. The highest BCUT2D eigenvalue weighted by Crippen LogP contribution is 2.30. The van der Waals surface area contributed by atoms with Gasteiger partial charge >= 0.3 is 0 Å². The third-order valence-corrected chi connectivity index (χ3v) is 5.67. The lowest BCUT2D eigenvalue weighted by atomic mass is 10.1. The topological polar surface area (TPSA) is 57.5 Å². The molecule has 0 radical (unpaired) electrons. The number of halogens is 1. The van der Waals surface area contributed by atoms with Crippen LogP contribution >= 0.6 is 22.9 Å². The molecule has 1 aliphatic heterocycles. The van der Waals surface area contributed by atoms with Crippen LogP contribution in [0.2, 0.25) is 5.02 Å². The Morgan fingerprint density at radius 3 is 2.57 bits per heavy atom. The van der Waals surface area contributed by atoms with Crippen molar-refractivity contribution < 1.29 is 14.3 Å². The number of carbonyl (C=O) groups excluding carboxylic acids is 1. The molecule has 2 heterocycles. The van der Waals surface area contributed by atoms with E-state index < -0.39 is 0 Å². The van der Waals surface area contributed by atoms with E-state index >= 15 is 0 Å². The van der Waals surface area contributed by atoms with Gasteiger partial charge in [0.2, 0.25) is 0 Å². The second-order valence-electron chi connectivity index (χ2n) is 6.23. The molecule has 4 rings (SSSR count). The van der Waals surface area contributed by atoms with Crippen molar-refractivity contribution in [2.75, 3.05) is 13.2 Å². The van der Waals surface area contributed by atoms with Gasteiger partial charge in [0.15, 0.2) is 17.3 Å². The Hall–Kier alpha value is -2.83. The molecule has 0 spiro atoms. The third-order valence-electron chi connectivity index (χ3n) is 4.31. The summed E-state index contributed by atoms with van der Waals surface area (Å²) < 4.78 is 13.7. The van der Waals surface area contributed by atoms with Gasteiger partial charge in [0.1, 0.15) is 17.9 Å². The summed E-state index contributed by atoms with van der Waals surface area (Å²) in [7, 11) is 1.65. The summed E-state index contributed by atoms with van der Waals surface area (Å²) in [4.78, 5) is 25.1. The van der Waals surface area contributed by atoms with Gasteiger partial charge in [0, 0.05) is 23.7 Å². The van der Waals surface area contributed by atoms with Crippen LogP contribution in [0.15, 0.2) is 47.3 Å². The smallest absolute Gasteiger partial charge is 0.268 e. The van der Waals surface area contributed by atoms with Crippen molar-refractivity contribution in [3.05, 3.63) is 78.2 Å². The van der Waals surface area contributed by atoms with Crippen LogP contribution in [0.25, 0.3) is 12.2 Å². The first kappa shape index (κ1) is 18.5. The molecule has 0 bridgehead atoms. The molecule has 3 aromatic rings. The second-order valence-corrected chi connectivity index (χ2v) is 7.73. The van der Waals surface area contributed by atoms with Crippen molar-refractivity contribution >= 4 is 40.9 Å². The second kappa shape index (κ2) is 7.66. The molecule has 0 unspecified atom stereocenters. The highest BCUT2D eigenvalue weighted by molar-refractivity contribution is 7.07. The van der Waals surface area contributed by atoms with Crippen LogP contribution in [0, 0.1) is 0 Å². The average Bonchev–Trinajstić information content (AvgIpc) is 2.96. The van der Waals surface area contributed by atoms with E-state index in [4.69, 9.17) is 21.1 Å².